The standard InChI is InChI=1S/C13H17NO4S/c1-11(16)10-14(2)19(17,18)13-7-3-5-12(9-13)6-4-8-15/h3,5,7,9,11,15-16H,8,10H2,1-2H3. The molecule has 0 aliphatic heterocycles. The number of sulfonamides is 1. The summed E-state index contributed by atoms with van der Waals surface area (Å²) in [7, 11) is -2.23. The molecule has 1 atom stereocenters. The van der Waals surface area contributed by atoms with E-state index in [2.05, 4.69) is 11.8 Å². The van der Waals surface area contributed by atoms with Crippen LogP contribution in [0.25, 0.3) is 0 Å². The maximum Gasteiger partial charge on any atom is 0.242 e. The smallest absolute Gasteiger partial charge is 0.242 e. The highest BCUT2D eigenvalue weighted by molar-refractivity contribution is 7.89. The number of nitrogens with zero attached hydrogens (tertiary/aromatic N) is 1. The average molecular weight is 283 g/mol. The number of aliphatic hydroxyl groups is 2. The molecule has 1 unspecified atom stereocenters. The molecule has 0 saturated carbocycles. The molecule has 0 saturated heterocycles. The van der Waals surface area contributed by atoms with Gasteiger partial charge in [-0.3, -0.25) is 0 Å². The van der Waals surface area contributed by atoms with E-state index in [9.17, 15) is 13.5 Å². The lowest BCUT2D eigenvalue weighted by molar-refractivity contribution is 0.171. The SMILES string of the molecule is CC(O)CN(C)S(=O)(=O)c1cccc(C#CCO)c1. The van der Waals surface area contributed by atoms with Gasteiger partial charge in [0.1, 0.15) is 6.61 Å². The summed E-state index contributed by atoms with van der Waals surface area (Å²) in [5, 5.41) is 17.9. The van der Waals surface area contributed by atoms with Gasteiger partial charge >= 0.3 is 0 Å². The molecule has 0 fully saturated rings. The Kier molecular flexibility index (Phi) is 5.51. The summed E-state index contributed by atoms with van der Waals surface area (Å²) in [6, 6.07) is 6.16. The number of hydrogen-bond donors (Lipinski definition) is 2. The fourth-order valence-electron chi connectivity index (χ4n) is 1.53. The molecular weight excluding hydrogens is 266 g/mol. The van der Waals surface area contributed by atoms with E-state index < -0.39 is 16.1 Å². The molecule has 1 aromatic carbocycles. The van der Waals surface area contributed by atoms with Crippen molar-refractivity contribution in [2.45, 2.75) is 17.9 Å². The minimum Gasteiger partial charge on any atom is -0.392 e. The zero-order valence-electron chi connectivity index (χ0n) is 10.9. The van der Waals surface area contributed by atoms with Gasteiger partial charge in [-0.1, -0.05) is 17.9 Å². The van der Waals surface area contributed by atoms with Gasteiger partial charge in [0.05, 0.1) is 11.0 Å². The summed E-state index contributed by atoms with van der Waals surface area (Å²) in [6.07, 6.45) is -0.739. The Bertz CT molecular complexity index is 584. The molecule has 19 heavy (non-hydrogen) atoms. The summed E-state index contributed by atoms with van der Waals surface area (Å²) in [5.41, 5.74) is 0.514. The highest BCUT2D eigenvalue weighted by atomic mass is 32.2. The number of rotatable bonds is 4. The van der Waals surface area contributed by atoms with Crippen LogP contribution in [0.15, 0.2) is 29.2 Å². The van der Waals surface area contributed by atoms with E-state index in [0.717, 1.165) is 4.31 Å². The maximum atomic E-state index is 12.2. The van der Waals surface area contributed by atoms with Gasteiger partial charge in [-0.2, -0.15) is 4.31 Å². The molecule has 0 aromatic heterocycles. The maximum absolute atomic E-state index is 12.2. The molecule has 0 heterocycles. The van der Waals surface area contributed by atoms with Gasteiger partial charge in [-0.15, -0.1) is 0 Å². The van der Waals surface area contributed by atoms with E-state index in [-0.39, 0.29) is 18.0 Å². The van der Waals surface area contributed by atoms with Crippen molar-refractivity contribution in [3.05, 3.63) is 29.8 Å². The molecule has 0 aliphatic rings. The first-order valence-electron chi connectivity index (χ1n) is 5.72. The van der Waals surface area contributed by atoms with Crippen LogP contribution >= 0.6 is 0 Å². The highest BCUT2D eigenvalue weighted by Crippen LogP contribution is 2.15. The van der Waals surface area contributed by atoms with E-state index in [1.54, 1.807) is 12.1 Å². The summed E-state index contributed by atoms with van der Waals surface area (Å²) in [4.78, 5) is 0.111. The first-order chi connectivity index (χ1) is 8.87. The minimum atomic E-state index is -3.64. The average Bonchev–Trinajstić information content (AvgIpc) is 2.35. The second kappa shape index (κ2) is 6.68. The number of hydrogen-bond acceptors (Lipinski definition) is 4. The predicted octanol–water partition coefficient (Wildman–Crippen LogP) is 0.0317. The molecule has 0 amide bonds. The van der Waals surface area contributed by atoms with Crippen molar-refractivity contribution in [3.8, 4) is 11.8 Å². The second-order valence-corrected chi connectivity index (χ2v) is 6.17. The molecular formula is C13H17NO4S. The van der Waals surface area contributed by atoms with Crippen LogP contribution in [0.4, 0.5) is 0 Å². The van der Waals surface area contributed by atoms with Crippen LogP contribution in [0, 0.1) is 11.8 Å². The molecule has 6 heteroatoms. The molecule has 5 nitrogen and oxygen atoms in total. The quantitative estimate of drug-likeness (QED) is 0.764. The monoisotopic (exact) mass is 283 g/mol. The van der Waals surface area contributed by atoms with E-state index >= 15 is 0 Å². The molecule has 2 N–H and O–H groups in total. The third-order valence-electron chi connectivity index (χ3n) is 2.38. The Morgan fingerprint density at radius 2 is 2.11 bits per heavy atom. The minimum absolute atomic E-state index is 0.0227. The van der Waals surface area contributed by atoms with Crippen LogP contribution in [0.1, 0.15) is 12.5 Å². The normalized spacial score (nSPS) is 12.9. The Hall–Kier alpha value is -1.39. The number of likely N-dealkylation sites (N-methyl/N-ethyl adjacent to an activating group) is 1. The van der Waals surface area contributed by atoms with Crippen LogP contribution in [0.5, 0.6) is 0 Å². The van der Waals surface area contributed by atoms with E-state index in [0.29, 0.717) is 5.56 Å². The molecule has 0 aliphatic carbocycles. The predicted molar refractivity (Wildman–Crippen MR) is 71.9 cm³/mol. The van der Waals surface area contributed by atoms with Crippen molar-refractivity contribution >= 4 is 10.0 Å². The highest BCUT2D eigenvalue weighted by Gasteiger charge is 2.21. The molecule has 104 valence electrons. The van der Waals surface area contributed by atoms with Crippen molar-refractivity contribution in [2.75, 3.05) is 20.2 Å². The lowest BCUT2D eigenvalue weighted by Gasteiger charge is -2.18. The lowest BCUT2D eigenvalue weighted by Crippen LogP contribution is -2.33. The summed E-state index contributed by atoms with van der Waals surface area (Å²) < 4.78 is 25.5. The third-order valence-corrected chi connectivity index (χ3v) is 4.19. The van der Waals surface area contributed by atoms with Gasteiger partial charge in [0.2, 0.25) is 10.0 Å². The Morgan fingerprint density at radius 3 is 2.68 bits per heavy atom. The first-order valence-corrected chi connectivity index (χ1v) is 7.16. The first kappa shape index (κ1) is 15.7. The van der Waals surface area contributed by atoms with Crippen LogP contribution < -0.4 is 0 Å². The Balaban J connectivity index is 3.08. The van der Waals surface area contributed by atoms with Gasteiger partial charge in [0.15, 0.2) is 0 Å². The topological polar surface area (TPSA) is 77.8 Å². The zero-order chi connectivity index (χ0) is 14.5. The van der Waals surface area contributed by atoms with Crippen LogP contribution in [0.3, 0.4) is 0 Å². The lowest BCUT2D eigenvalue weighted by atomic mass is 10.2. The zero-order valence-corrected chi connectivity index (χ0v) is 11.7. The molecule has 1 aromatic rings. The van der Waals surface area contributed by atoms with E-state index in [1.807, 2.05) is 0 Å². The van der Waals surface area contributed by atoms with Gasteiger partial charge in [0.25, 0.3) is 0 Å². The largest absolute Gasteiger partial charge is 0.392 e. The van der Waals surface area contributed by atoms with Gasteiger partial charge in [0, 0.05) is 19.2 Å². The number of benzene rings is 1. The van der Waals surface area contributed by atoms with Gasteiger partial charge in [-0.25, -0.2) is 8.42 Å². The van der Waals surface area contributed by atoms with Crippen LogP contribution in [-0.2, 0) is 10.0 Å². The molecule has 0 bridgehead atoms. The van der Waals surface area contributed by atoms with E-state index in [4.69, 9.17) is 5.11 Å². The van der Waals surface area contributed by atoms with Crippen LogP contribution in [0.2, 0.25) is 0 Å². The van der Waals surface area contributed by atoms with Crippen molar-refractivity contribution < 1.29 is 18.6 Å². The van der Waals surface area contributed by atoms with E-state index in [1.165, 1.54) is 26.1 Å². The third kappa shape index (κ3) is 4.33. The summed E-state index contributed by atoms with van der Waals surface area (Å²) in [5.74, 6) is 5.12. The van der Waals surface area contributed by atoms with Crippen molar-refractivity contribution in [1.82, 2.24) is 4.31 Å². The van der Waals surface area contributed by atoms with Crippen molar-refractivity contribution in [3.63, 3.8) is 0 Å². The van der Waals surface area contributed by atoms with Crippen LogP contribution in [-0.4, -0.2) is 49.2 Å². The van der Waals surface area contributed by atoms with Gasteiger partial charge in [-0.05, 0) is 25.1 Å². The Labute approximate surface area is 113 Å². The second-order valence-electron chi connectivity index (χ2n) is 4.12. The fourth-order valence-corrected chi connectivity index (χ4v) is 2.82. The molecule has 1 rings (SSSR count). The summed E-state index contributed by atoms with van der Waals surface area (Å²) >= 11 is 0. The van der Waals surface area contributed by atoms with Crippen molar-refractivity contribution in [1.29, 1.82) is 0 Å². The number of aliphatic hydroxyl groups excluding tert-OH is 2. The van der Waals surface area contributed by atoms with Gasteiger partial charge < -0.3 is 10.2 Å². The molecule has 0 spiro atoms. The van der Waals surface area contributed by atoms with Crippen molar-refractivity contribution in [2.24, 2.45) is 0 Å². The Morgan fingerprint density at radius 1 is 1.42 bits per heavy atom. The fraction of sp³-hybridized carbons (Fsp3) is 0.385. The summed E-state index contributed by atoms with van der Waals surface area (Å²) in [6.45, 7) is 1.27. The molecule has 0 radical (unpaired) electrons.